The summed E-state index contributed by atoms with van der Waals surface area (Å²) < 4.78 is 27.5. The molecule has 1 heterocycles. The van der Waals surface area contributed by atoms with E-state index in [1.807, 2.05) is 0 Å². The summed E-state index contributed by atoms with van der Waals surface area (Å²) in [6, 6.07) is 1.59. The van der Waals surface area contributed by atoms with Gasteiger partial charge in [-0.05, 0) is 12.1 Å². The van der Waals surface area contributed by atoms with Crippen LogP contribution in [0.3, 0.4) is 0 Å². The highest BCUT2D eigenvalue weighted by Crippen LogP contribution is 2.33. The molecule has 0 bridgehead atoms. The molecule has 0 unspecified atom stereocenters. The molecule has 1 aromatic heterocycles. The minimum Gasteiger partial charge on any atom is -0.478 e. The Bertz CT molecular complexity index is 534. The fraction of sp³-hybridized carbons (Fsp3) is 0. The lowest BCUT2D eigenvalue weighted by Crippen LogP contribution is -2.00. The molecule has 3 nitrogen and oxygen atoms in total. The van der Waals surface area contributed by atoms with Gasteiger partial charge in [0.15, 0.2) is 4.34 Å². The summed E-state index contributed by atoms with van der Waals surface area (Å²) >= 11 is 2.08. The number of halogens is 2. The van der Waals surface area contributed by atoms with Gasteiger partial charge in [-0.15, -0.1) is 11.3 Å². The molecule has 0 fully saturated rings. The van der Waals surface area contributed by atoms with Crippen molar-refractivity contribution >= 4 is 29.1 Å². The van der Waals surface area contributed by atoms with Crippen LogP contribution in [0.4, 0.5) is 8.78 Å². The molecule has 0 aliphatic heterocycles. The highest BCUT2D eigenvalue weighted by molar-refractivity contribution is 8.01. The summed E-state index contributed by atoms with van der Waals surface area (Å²) in [7, 11) is 0. The number of aromatic carboxylic acids is 1. The lowest BCUT2D eigenvalue weighted by Gasteiger charge is -2.03. The van der Waals surface area contributed by atoms with Crippen molar-refractivity contribution in [2.45, 2.75) is 9.24 Å². The summed E-state index contributed by atoms with van der Waals surface area (Å²) in [5.74, 6) is -3.17. The third-order valence-corrected chi connectivity index (χ3v) is 3.82. The fourth-order valence-corrected chi connectivity index (χ4v) is 2.70. The topological polar surface area (TPSA) is 50.2 Å². The summed E-state index contributed by atoms with van der Waals surface area (Å²) in [5, 5.41) is 10.3. The standard InChI is InChI=1S/C10H5F2NO2S2/c11-6-3-5(9(14)15)4-7(12)8(6)17-10-13-1-2-16-10/h1-4H,(H,14,15). The highest BCUT2D eigenvalue weighted by Gasteiger charge is 2.16. The van der Waals surface area contributed by atoms with Crippen LogP contribution in [0, 0.1) is 11.6 Å². The molecule has 0 amide bonds. The third kappa shape index (κ3) is 2.62. The Morgan fingerprint density at radius 2 is 2.00 bits per heavy atom. The van der Waals surface area contributed by atoms with Gasteiger partial charge in [-0.2, -0.15) is 0 Å². The second-order valence-corrected chi connectivity index (χ2v) is 5.13. The minimum absolute atomic E-state index is 0.245. The van der Waals surface area contributed by atoms with Gasteiger partial charge in [0.05, 0.1) is 10.5 Å². The zero-order valence-electron chi connectivity index (χ0n) is 8.18. The number of carboxylic acids is 1. The van der Waals surface area contributed by atoms with E-state index in [4.69, 9.17) is 5.11 Å². The molecule has 1 N–H and O–H groups in total. The molecule has 0 atom stereocenters. The molecule has 0 saturated carbocycles. The average molecular weight is 273 g/mol. The fourth-order valence-electron chi connectivity index (χ4n) is 1.13. The van der Waals surface area contributed by atoms with Gasteiger partial charge >= 0.3 is 5.97 Å². The Morgan fingerprint density at radius 3 is 2.47 bits per heavy atom. The molecular weight excluding hydrogens is 268 g/mol. The number of aromatic nitrogens is 1. The molecule has 0 aliphatic carbocycles. The molecule has 0 radical (unpaired) electrons. The first kappa shape index (κ1) is 12.0. The Kier molecular flexibility index (Phi) is 3.39. The SMILES string of the molecule is O=C(O)c1cc(F)c(Sc2nccs2)c(F)c1. The van der Waals surface area contributed by atoms with Crippen LogP contribution in [0.15, 0.2) is 32.9 Å². The molecule has 1 aromatic carbocycles. The van der Waals surface area contributed by atoms with Crippen molar-refractivity contribution in [1.29, 1.82) is 0 Å². The maximum atomic E-state index is 13.5. The van der Waals surface area contributed by atoms with Crippen LogP contribution in [-0.2, 0) is 0 Å². The van der Waals surface area contributed by atoms with Gasteiger partial charge in [-0.1, -0.05) is 11.8 Å². The summed E-state index contributed by atoms with van der Waals surface area (Å²) in [6.45, 7) is 0. The number of hydrogen-bond donors (Lipinski definition) is 1. The second kappa shape index (κ2) is 4.80. The molecule has 7 heteroatoms. The lowest BCUT2D eigenvalue weighted by molar-refractivity contribution is 0.0695. The van der Waals surface area contributed by atoms with Gasteiger partial charge in [-0.3, -0.25) is 0 Å². The van der Waals surface area contributed by atoms with Crippen LogP contribution < -0.4 is 0 Å². The molecule has 2 rings (SSSR count). The highest BCUT2D eigenvalue weighted by atomic mass is 32.2. The average Bonchev–Trinajstić information content (AvgIpc) is 2.75. The zero-order chi connectivity index (χ0) is 12.4. The first-order valence-corrected chi connectivity index (χ1v) is 6.07. The van der Waals surface area contributed by atoms with E-state index in [0.29, 0.717) is 4.34 Å². The maximum absolute atomic E-state index is 13.5. The number of thiazole rings is 1. The van der Waals surface area contributed by atoms with Crippen LogP contribution in [-0.4, -0.2) is 16.1 Å². The maximum Gasteiger partial charge on any atom is 0.335 e. The Hall–Kier alpha value is -1.47. The Balaban J connectivity index is 2.38. The van der Waals surface area contributed by atoms with Crippen LogP contribution in [0.1, 0.15) is 10.4 Å². The van der Waals surface area contributed by atoms with Crippen molar-refractivity contribution in [1.82, 2.24) is 4.98 Å². The summed E-state index contributed by atoms with van der Waals surface area (Å²) in [5.41, 5.74) is -0.413. The van der Waals surface area contributed by atoms with E-state index >= 15 is 0 Å². The predicted octanol–water partition coefficient (Wildman–Crippen LogP) is 3.27. The van der Waals surface area contributed by atoms with Gasteiger partial charge in [-0.25, -0.2) is 18.6 Å². The van der Waals surface area contributed by atoms with Crippen LogP contribution in [0.5, 0.6) is 0 Å². The normalized spacial score (nSPS) is 10.5. The molecule has 2 aromatic rings. The molecule has 17 heavy (non-hydrogen) atoms. The number of rotatable bonds is 3. The zero-order valence-corrected chi connectivity index (χ0v) is 9.82. The van der Waals surface area contributed by atoms with E-state index in [9.17, 15) is 13.6 Å². The van der Waals surface area contributed by atoms with Gasteiger partial charge in [0.1, 0.15) is 11.6 Å². The number of hydrogen-bond acceptors (Lipinski definition) is 4. The van der Waals surface area contributed by atoms with Crippen molar-refractivity contribution < 1.29 is 18.7 Å². The first-order chi connectivity index (χ1) is 8.08. The van der Waals surface area contributed by atoms with Gasteiger partial charge in [0.25, 0.3) is 0 Å². The van der Waals surface area contributed by atoms with E-state index < -0.39 is 23.2 Å². The van der Waals surface area contributed by atoms with Crippen LogP contribution in [0.2, 0.25) is 0 Å². The number of benzene rings is 1. The van der Waals surface area contributed by atoms with Crippen LogP contribution >= 0.6 is 23.1 Å². The van der Waals surface area contributed by atoms with Crippen molar-refractivity contribution in [3.63, 3.8) is 0 Å². The van der Waals surface area contributed by atoms with Gasteiger partial charge in [0.2, 0.25) is 0 Å². The van der Waals surface area contributed by atoms with E-state index in [-0.39, 0.29) is 4.90 Å². The Morgan fingerprint density at radius 1 is 1.35 bits per heavy atom. The third-order valence-electron chi connectivity index (χ3n) is 1.84. The summed E-state index contributed by atoms with van der Waals surface area (Å²) in [6.07, 6.45) is 1.52. The van der Waals surface area contributed by atoms with Crippen molar-refractivity contribution in [3.05, 3.63) is 40.9 Å². The van der Waals surface area contributed by atoms with Crippen molar-refractivity contribution in [2.75, 3.05) is 0 Å². The molecule has 0 saturated heterocycles. The number of nitrogens with zero attached hydrogens (tertiary/aromatic N) is 1. The van der Waals surface area contributed by atoms with E-state index in [2.05, 4.69) is 4.98 Å². The Labute approximate surface area is 103 Å². The number of carboxylic acid groups (broad SMARTS) is 1. The summed E-state index contributed by atoms with van der Waals surface area (Å²) in [4.78, 5) is 14.2. The first-order valence-electron chi connectivity index (χ1n) is 4.37. The minimum atomic E-state index is -1.37. The van der Waals surface area contributed by atoms with Crippen LogP contribution in [0.25, 0.3) is 0 Å². The molecule has 88 valence electrons. The smallest absolute Gasteiger partial charge is 0.335 e. The molecular formula is C10H5F2NO2S2. The number of carbonyl (C=O) groups is 1. The van der Waals surface area contributed by atoms with Crippen molar-refractivity contribution in [2.24, 2.45) is 0 Å². The lowest BCUT2D eigenvalue weighted by atomic mass is 10.2. The monoisotopic (exact) mass is 273 g/mol. The quantitative estimate of drug-likeness (QED) is 0.932. The van der Waals surface area contributed by atoms with Gasteiger partial charge in [0, 0.05) is 11.6 Å². The molecule has 0 spiro atoms. The van der Waals surface area contributed by atoms with Crippen molar-refractivity contribution in [3.8, 4) is 0 Å². The van der Waals surface area contributed by atoms with E-state index in [1.54, 1.807) is 5.38 Å². The van der Waals surface area contributed by atoms with E-state index in [1.165, 1.54) is 17.5 Å². The van der Waals surface area contributed by atoms with E-state index in [0.717, 1.165) is 23.9 Å². The predicted molar refractivity (Wildman–Crippen MR) is 59.6 cm³/mol. The molecule has 0 aliphatic rings. The largest absolute Gasteiger partial charge is 0.478 e. The van der Waals surface area contributed by atoms with Gasteiger partial charge < -0.3 is 5.11 Å². The second-order valence-electron chi connectivity index (χ2n) is 2.97.